The molecule has 25 heavy (non-hydrogen) atoms. The van der Waals surface area contributed by atoms with Crippen LogP contribution in [-0.4, -0.2) is 44.0 Å². The lowest BCUT2D eigenvalue weighted by Gasteiger charge is -2.31. The highest BCUT2D eigenvalue weighted by atomic mass is 32.2. The molecule has 1 fully saturated rings. The molecular weight excluding hydrogens is 346 g/mol. The van der Waals surface area contributed by atoms with Crippen LogP contribution in [0, 0.1) is 19.8 Å². The Labute approximate surface area is 146 Å². The monoisotopic (exact) mass is 367 g/mol. The van der Waals surface area contributed by atoms with Crippen LogP contribution in [0.5, 0.6) is 0 Å². The molecule has 1 saturated heterocycles. The minimum Gasteiger partial charge on any atom is -0.472 e. The summed E-state index contributed by atoms with van der Waals surface area (Å²) in [6.45, 7) is 4.71. The van der Waals surface area contributed by atoms with Crippen molar-refractivity contribution in [2.45, 2.75) is 31.6 Å². The molecule has 3 heterocycles. The van der Waals surface area contributed by atoms with Crippen molar-refractivity contribution in [2.75, 3.05) is 19.6 Å². The number of nitrogens with one attached hydrogen (secondary N) is 1. The van der Waals surface area contributed by atoms with Gasteiger partial charge in [-0.2, -0.15) is 0 Å². The van der Waals surface area contributed by atoms with Crippen molar-refractivity contribution in [3.63, 3.8) is 0 Å². The minimum atomic E-state index is -3.64. The summed E-state index contributed by atoms with van der Waals surface area (Å²) in [5.41, 5.74) is 0.892. The van der Waals surface area contributed by atoms with E-state index < -0.39 is 10.0 Å². The average Bonchev–Trinajstić information content (AvgIpc) is 3.23. The minimum absolute atomic E-state index is 0.0523. The molecule has 8 nitrogen and oxygen atoms in total. The Kier molecular flexibility index (Phi) is 4.96. The Balaban J connectivity index is 1.54. The van der Waals surface area contributed by atoms with Gasteiger partial charge in [0.15, 0.2) is 5.76 Å². The fourth-order valence-electron chi connectivity index (χ4n) is 3.07. The zero-order chi connectivity index (χ0) is 18.0. The third kappa shape index (κ3) is 3.77. The lowest BCUT2D eigenvalue weighted by atomic mass is 9.97. The quantitative estimate of drug-likeness (QED) is 0.862. The first-order chi connectivity index (χ1) is 11.9. The molecule has 2 aromatic rings. The molecule has 0 radical (unpaired) electrons. The van der Waals surface area contributed by atoms with E-state index >= 15 is 0 Å². The Bertz CT molecular complexity index is 814. The van der Waals surface area contributed by atoms with Crippen molar-refractivity contribution in [3.8, 4) is 0 Å². The summed E-state index contributed by atoms with van der Waals surface area (Å²) in [6.07, 6.45) is 4.40. The van der Waals surface area contributed by atoms with Gasteiger partial charge in [0.1, 0.15) is 16.9 Å². The van der Waals surface area contributed by atoms with Crippen LogP contribution >= 0.6 is 0 Å². The SMILES string of the molecule is Cc1noc(C)c1S(=O)(=O)NCC1CCN(C(=O)c2ccoc2)CC1. The van der Waals surface area contributed by atoms with E-state index in [4.69, 9.17) is 8.94 Å². The molecule has 136 valence electrons. The Morgan fingerprint density at radius 3 is 2.64 bits per heavy atom. The number of carbonyl (C=O) groups is 1. The van der Waals surface area contributed by atoms with Gasteiger partial charge >= 0.3 is 0 Å². The summed E-state index contributed by atoms with van der Waals surface area (Å²) in [5, 5.41) is 3.68. The summed E-state index contributed by atoms with van der Waals surface area (Å²) >= 11 is 0. The molecule has 1 aliphatic rings. The molecule has 0 bridgehead atoms. The van der Waals surface area contributed by atoms with Crippen LogP contribution in [0.1, 0.15) is 34.7 Å². The number of nitrogens with zero attached hydrogens (tertiary/aromatic N) is 2. The number of hydrogen-bond donors (Lipinski definition) is 1. The average molecular weight is 367 g/mol. The van der Waals surface area contributed by atoms with E-state index in [-0.39, 0.29) is 22.5 Å². The summed E-state index contributed by atoms with van der Waals surface area (Å²) in [4.78, 5) is 14.1. The van der Waals surface area contributed by atoms with Crippen LogP contribution < -0.4 is 4.72 Å². The second-order valence-electron chi connectivity index (χ2n) is 6.25. The van der Waals surface area contributed by atoms with Crippen molar-refractivity contribution >= 4 is 15.9 Å². The normalized spacial score (nSPS) is 16.3. The van der Waals surface area contributed by atoms with Crippen LogP contribution in [-0.2, 0) is 10.0 Å². The van der Waals surface area contributed by atoms with Crippen molar-refractivity contribution in [3.05, 3.63) is 35.6 Å². The van der Waals surface area contributed by atoms with Gasteiger partial charge in [0.25, 0.3) is 5.91 Å². The molecular formula is C16H21N3O5S. The smallest absolute Gasteiger partial charge is 0.257 e. The highest BCUT2D eigenvalue weighted by Crippen LogP contribution is 2.21. The highest BCUT2D eigenvalue weighted by Gasteiger charge is 2.28. The molecule has 1 amide bonds. The number of piperidine rings is 1. The maximum Gasteiger partial charge on any atom is 0.257 e. The van der Waals surface area contributed by atoms with Crippen molar-refractivity contribution in [2.24, 2.45) is 5.92 Å². The lowest BCUT2D eigenvalue weighted by molar-refractivity contribution is 0.0691. The molecule has 1 N–H and O–H groups in total. The Morgan fingerprint density at radius 2 is 2.08 bits per heavy atom. The first-order valence-corrected chi connectivity index (χ1v) is 9.61. The zero-order valence-corrected chi connectivity index (χ0v) is 15.0. The molecule has 0 saturated carbocycles. The molecule has 0 atom stereocenters. The zero-order valence-electron chi connectivity index (χ0n) is 14.2. The van der Waals surface area contributed by atoms with Gasteiger partial charge in [0, 0.05) is 19.6 Å². The molecule has 0 aromatic carbocycles. The number of sulfonamides is 1. The number of carbonyl (C=O) groups excluding carboxylic acids is 1. The van der Waals surface area contributed by atoms with E-state index in [1.165, 1.54) is 12.5 Å². The van der Waals surface area contributed by atoms with E-state index in [2.05, 4.69) is 9.88 Å². The highest BCUT2D eigenvalue weighted by molar-refractivity contribution is 7.89. The van der Waals surface area contributed by atoms with Crippen LogP contribution in [0.3, 0.4) is 0 Å². The molecule has 3 rings (SSSR count). The van der Waals surface area contributed by atoms with E-state index in [1.807, 2.05) is 0 Å². The first kappa shape index (κ1) is 17.7. The Morgan fingerprint density at radius 1 is 1.36 bits per heavy atom. The van der Waals surface area contributed by atoms with Crippen molar-refractivity contribution < 1.29 is 22.2 Å². The molecule has 0 spiro atoms. The van der Waals surface area contributed by atoms with Crippen LogP contribution in [0.25, 0.3) is 0 Å². The third-order valence-corrected chi connectivity index (χ3v) is 6.14. The van der Waals surface area contributed by atoms with Crippen molar-refractivity contribution in [1.29, 1.82) is 0 Å². The molecule has 1 aliphatic heterocycles. The number of furan rings is 1. The lowest BCUT2D eigenvalue weighted by Crippen LogP contribution is -2.41. The number of hydrogen-bond acceptors (Lipinski definition) is 6. The van der Waals surface area contributed by atoms with Gasteiger partial charge in [0.05, 0.1) is 11.8 Å². The number of rotatable bonds is 5. The van der Waals surface area contributed by atoms with Gasteiger partial charge in [-0.3, -0.25) is 4.79 Å². The summed E-state index contributed by atoms with van der Waals surface area (Å²) in [7, 11) is -3.64. The topological polar surface area (TPSA) is 106 Å². The van der Waals surface area contributed by atoms with E-state index in [0.717, 1.165) is 12.8 Å². The summed E-state index contributed by atoms with van der Waals surface area (Å²) < 4.78 is 37.3. The second kappa shape index (κ2) is 7.01. The number of likely N-dealkylation sites (tertiary alicyclic amines) is 1. The number of aryl methyl sites for hydroxylation is 2. The fraction of sp³-hybridized carbons (Fsp3) is 0.500. The molecule has 0 unspecified atom stereocenters. The van der Waals surface area contributed by atoms with Gasteiger partial charge in [-0.15, -0.1) is 0 Å². The molecule has 2 aromatic heterocycles. The van der Waals surface area contributed by atoms with E-state index in [0.29, 0.717) is 30.9 Å². The van der Waals surface area contributed by atoms with Gasteiger partial charge in [-0.1, -0.05) is 5.16 Å². The number of amides is 1. The van der Waals surface area contributed by atoms with Crippen LogP contribution in [0.15, 0.2) is 32.4 Å². The fourth-order valence-corrected chi connectivity index (χ4v) is 4.51. The molecule has 0 aliphatic carbocycles. The predicted octanol–water partition coefficient (Wildman–Crippen LogP) is 1.72. The largest absolute Gasteiger partial charge is 0.472 e. The van der Waals surface area contributed by atoms with Gasteiger partial charge in [0.2, 0.25) is 10.0 Å². The van der Waals surface area contributed by atoms with Gasteiger partial charge < -0.3 is 13.8 Å². The number of aromatic nitrogens is 1. The first-order valence-electron chi connectivity index (χ1n) is 8.12. The Hall–Kier alpha value is -2.13. The third-order valence-electron chi connectivity index (χ3n) is 4.47. The van der Waals surface area contributed by atoms with Gasteiger partial charge in [-0.25, -0.2) is 13.1 Å². The summed E-state index contributed by atoms with van der Waals surface area (Å²) in [5.74, 6) is 0.415. The van der Waals surface area contributed by atoms with Crippen LogP contribution in [0.4, 0.5) is 0 Å². The maximum absolute atomic E-state index is 12.4. The van der Waals surface area contributed by atoms with E-state index in [9.17, 15) is 13.2 Å². The van der Waals surface area contributed by atoms with E-state index in [1.54, 1.807) is 24.8 Å². The van der Waals surface area contributed by atoms with Gasteiger partial charge in [-0.05, 0) is 38.7 Å². The summed E-state index contributed by atoms with van der Waals surface area (Å²) in [6, 6.07) is 1.65. The molecule has 9 heteroatoms. The van der Waals surface area contributed by atoms with Crippen molar-refractivity contribution in [1.82, 2.24) is 14.8 Å². The standard InChI is InChI=1S/C16H21N3O5S/c1-11-15(12(2)24-18-11)25(21,22)17-9-13-3-6-19(7-4-13)16(20)14-5-8-23-10-14/h5,8,10,13,17H,3-4,6-7,9H2,1-2H3. The maximum atomic E-state index is 12.4. The van der Waals surface area contributed by atoms with Crippen LogP contribution in [0.2, 0.25) is 0 Å². The predicted molar refractivity (Wildman–Crippen MR) is 88.5 cm³/mol. The second-order valence-corrected chi connectivity index (χ2v) is 7.96.